The number of benzene rings is 2. The molecule has 2 rings (SSSR count). The SMILES string of the molecule is COc1ccc(NC(=O)[C@H](C)OC(=O)c2ccc(OC)c(F)c2)cc1. The molecule has 0 spiro atoms. The maximum absolute atomic E-state index is 13.6. The fourth-order valence-electron chi connectivity index (χ4n) is 1.99. The van der Waals surface area contributed by atoms with Gasteiger partial charge in [-0.1, -0.05) is 0 Å². The van der Waals surface area contributed by atoms with Gasteiger partial charge in [-0.25, -0.2) is 9.18 Å². The normalized spacial score (nSPS) is 11.4. The number of carbonyl (C=O) groups is 2. The number of hydrogen-bond acceptors (Lipinski definition) is 5. The molecule has 0 aliphatic carbocycles. The molecule has 7 heteroatoms. The highest BCUT2D eigenvalue weighted by molar-refractivity contribution is 5.97. The lowest BCUT2D eigenvalue weighted by atomic mass is 10.2. The minimum atomic E-state index is -1.06. The Hall–Kier alpha value is -3.09. The van der Waals surface area contributed by atoms with Crippen LogP contribution in [0, 0.1) is 5.82 Å². The standard InChI is InChI=1S/C18H18FNO5/c1-11(17(21)20-13-5-7-14(23-2)8-6-13)25-18(22)12-4-9-16(24-3)15(19)10-12/h4-11H,1-3H3,(H,20,21)/t11-/m0/s1. The van der Waals surface area contributed by atoms with Gasteiger partial charge >= 0.3 is 5.97 Å². The van der Waals surface area contributed by atoms with Crippen molar-refractivity contribution in [2.45, 2.75) is 13.0 Å². The Labute approximate surface area is 144 Å². The Morgan fingerprint density at radius 3 is 2.28 bits per heavy atom. The van der Waals surface area contributed by atoms with Crippen LogP contribution in [0.5, 0.6) is 11.5 Å². The smallest absolute Gasteiger partial charge is 0.339 e. The maximum atomic E-state index is 13.6. The van der Waals surface area contributed by atoms with E-state index in [1.54, 1.807) is 24.3 Å². The van der Waals surface area contributed by atoms with Crippen molar-refractivity contribution in [1.82, 2.24) is 0 Å². The molecule has 0 aliphatic heterocycles. The molecule has 1 amide bonds. The third kappa shape index (κ3) is 4.69. The summed E-state index contributed by atoms with van der Waals surface area (Å²) < 4.78 is 28.5. The van der Waals surface area contributed by atoms with E-state index in [4.69, 9.17) is 14.2 Å². The van der Waals surface area contributed by atoms with Gasteiger partial charge in [0.1, 0.15) is 5.75 Å². The molecule has 0 unspecified atom stereocenters. The number of amides is 1. The topological polar surface area (TPSA) is 73.9 Å². The van der Waals surface area contributed by atoms with E-state index in [-0.39, 0.29) is 11.3 Å². The van der Waals surface area contributed by atoms with E-state index >= 15 is 0 Å². The summed E-state index contributed by atoms with van der Waals surface area (Å²) in [5.74, 6) is -1.33. The third-order valence-corrected chi connectivity index (χ3v) is 3.40. The van der Waals surface area contributed by atoms with Crippen molar-refractivity contribution in [2.75, 3.05) is 19.5 Å². The summed E-state index contributed by atoms with van der Waals surface area (Å²) in [4.78, 5) is 24.1. The lowest BCUT2D eigenvalue weighted by Gasteiger charge is -2.14. The highest BCUT2D eigenvalue weighted by atomic mass is 19.1. The largest absolute Gasteiger partial charge is 0.497 e. The van der Waals surface area contributed by atoms with Crippen LogP contribution in [-0.2, 0) is 9.53 Å². The van der Waals surface area contributed by atoms with Crippen LogP contribution in [0.25, 0.3) is 0 Å². The number of hydrogen-bond donors (Lipinski definition) is 1. The highest BCUT2D eigenvalue weighted by Crippen LogP contribution is 2.19. The van der Waals surface area contributed by atoms with Gasteiger partial charge in [-0.3, -0.25) is 4.79 Å². The van der Waals surface area contributed by atoms with Crippen molar-refractivity contribution in [3.8, 4) is 11.5 Å². The number of nitrogens with one attached hydrogen (secondary N) is 1. The fourth-order valence-corrected chi connectivity index (χ4v) is 1.99. The molecule has 0 aromatic heterocycles. The first-order chi connectivity index (χ1) is 11.9. The summed E-state index contributed by atoms with van der Waals surface area (Å²) in [6, 6.07) is 10.4. The van der Waals surface area contributed by atoms with E-state index in [0.29, 0.717) is 11.4 Å². The van der Waals surface area contributed by atoms with Crippen molar-refractivity contribution in [2.24, 2.45) is 0 Å². The predicted octanol–water partition coefficient (Wildman–Crippen LogP) is 3.03. The van der Waals surface area contributed by atoms with E-state index in [1.165, 1.54) is 33.3 Å². The molecule has 1 atom stereocenters. The number of methoxy groups -OCH3 is 2. The summed E-state index contributed by atoms with van der Waals surface area (Å²) in [6.07, 6.45) is -1.06. The van der Waals surface area contributed by atoms with Crippen molar-refractivity contribution < 1.29 is 28.2 Å². The van der Waals surface area contributed by atoms with Gasteiger partial charge in [0.25, 0.3) is 5.91 Å². The monoisotopic (exact) mass is 347 g/mol. The van der Waals surface area contributed by atoms with Crippen molar-refractivity contribution in [3.05, 3.63) is 53.8 Å². The number of carbonyl (C=O) groups excluding carboxylic acids is 2. The molecule has 132 valence electrons. The number of halogens is 1. The maximum Gasteiger partial charge on any atom is 0.339 e. The average molecular weight is 347 g/mol. The summed E-state index contributed by atoms with van der Waals surface area (Å²) in [7, 11) is 2.86. The van der Waals surface area contributed by atoms with Crippen LogP contribution in [0.1, 0.15) is 17.3 Å². The van der Waals surface area contributed by atoms with Crippen LogP contribution in [0.2, 0.25) is 0 Å². The van der Waals surface area contributed by atoms with Gasteiger partial charge in [-0.05, 0) is 49.4 Å². The number of esters is 1. The predicted molar refractivity (Wildman–Crippen MR) is 89.5 cm³/mol. The second-order valence-corrected chi connectivity index (χ2v) is 5.11. The Morgan fingerprint density at radius 1 is 1.04 bits per heavy atom. The minimum Gasteiger partial charge on any atom is -0.497 e. The van der Waals surface area contributed by atoms with Crippen molar-refractivity contribution >= 4 is 17.6 Å². The zero-order valence-corrected chi connectivity index (χ0v) is 14.0. The molecule has 0 saturated carbocycles. The Bertz CT molecular complexity index is 761. The molecule has 25 heavy (non-hydrogen) atoms. The van der Waals surface area contributed by atoms with Crippen LogP contribution in [0.15, 0.2) is 42.5 Å². The zero-order valence-electron chi connectivity index (χ0n) is 14.0. The van der Waals surface area contributed by atoms with Crippen LogP contribution in [-0.4, -0.2) is 32.2 Å². The summed E-state index contributed by atoms with van der Waals surface area (Å²) in [5.41, 5.74) is 0.520. The first-order valence-corrected chi connectivity index (χ1v) is 7.44. The molecule has 0 saturated heterocycles. The molecular formula is C18H18FNO5. The molecule has 0 aliphatic rings. The van der Waals surface area contributed by atoms with Crippen LogP contribution < -0.4 is 14.8 Å². The lowest BCUT2D eigenvalue weighted by molar-refractivity contribution is -0.123. The van der Waals surface area contributed by atoms with E-state index < -0.39 is 23.8 Å². The molecule has 6 nitrogen and oxygen atoms in total. The van der Waals surface area contributed by atoms with E-state index in [9.17, 15) is 14.0 Å². The number of anilines is 1. The second-order valence-electron chi connectivity index (χ2n) is 5.11. The first kappa shape index (κ1) is 18.3. The fraction of sp³-hybridized carbons (Fsp3) is 0.222. The summed E-state index contributed by atoms with van der Waals surface area (Å²) in [5, 5.41) is 2.61. The second kappa shape index (κ2) is 8.14. The van der Waals surface area contributed by atoms with E-state index in [0.717, 1.165) is 6.07 Å². The van der Waals surface area contributed by atoms with Gasteiger partial charge in [0.2, 0.25) is 0 Å². The van der Waals surface area contributed by atoms with Crippen molar-refractivity contribution in [3.63, 3.8) is 0 Å². The number of ether oxygens (including phenoxy) is 3. The number of rotatable bonds is 6. The molecular weight excluding hydrogens is 329 g/mol. The van der Waals surface area contributed by atoms with Gasteiger partial charge in [0.05, 0.1) is 19.8 Å². The van der Waals surface area contributed by atoms with Crippen molar-refractivity contribution in [1.29, 1.82) is 0 Å². The Balaban J connectivity index is 1.97. The van der Waals surface area contributed by atoms with Gasteiger partial charge in [0.15, 0.2) is 17.7 Å². The lowest BCUT2D eigenvalue weighted by Crippen LogP contribution is -2.30. The molecule has 0 heterocycles. The Morgan fingerprint density at radius 2 is 1.72 bits per heavy atom. The third-order valence-electron chi connectivity index (χ3n) is 3.40. The molecule has 0 fully saturated rings. The molecule has 0 radical (unpaired) electrons. The average Bonchev–Trinajstić information content (AvgIpc) is 2.62. The van der Waals surface area contributed by atoms with E-state index in [2.05, 4.69) is 5.32 Å². The molecule has 0 bridgehead atoms. The quantitative estimate of drug-likeness (QED) is 0.813. The Kier molecular flexibility index (Phi) is 5.94. The van der Waals surface area contributed by atoms with Gasteiger partial charge in [0, 0.05) is 5.69 Å². The highest BCUT2D eigenvalue weighted by Gasteiger charge is 2.20. The summed E-state index contributed by atoms with van der Waals surface area (Å²) in [6.45, 7) is 1.43. The van der Waals surface area contributed by atoms with Crippen LogP contribution >= 0.6 is 0 Å². The van der Waals surface area contributed by atoms with Gasteiger partial charge < -0.3 is 19.5 Å². The zero-order chi connectivity index (χ0) is 18.4. The molecule has 2 aromatic carbocycles. The minimum absolute atomic E-state index is 0.0117. The van der Waals surface area contributed by atoms with Gasteiger partial charge in [-0.2, -0.15) is 0 Å². The molecule has 1 N–H and O–H groups in total. The van der Waals surface area contributed by atoms with Gasteiger partial charge in [-0.15, -0.1) is 0 Å². The molecule has 2 aromatic rings. The summed E-state index contributed by atoms with van der Waals surface area (Å²) >= 11 is 0. The van der Waals surface area contributed by atoms with Crippen LogP contribution in [0.3, 0.4) is 0 Å². The van der Waals surface area contributed by atoms with Crippen LogP contribution in [0.4, 0.5) is 10.1 Å². The first-order valence-electron chi connectivity index (χ1n) is 7.44. The van der Waals surface area contributed by atoms with E-state index in [1.807, 2.05) is 0 Å².